The Morgan fingerprint density at radius 2 is 2.00 bits per heavy atom. The van der Waals surface area contributed by atoms with E-state index in [1.807, 2.05) is 12.3 Å². The summed E-state index contributed by atoms with van der Waals surface area (Å²) in [5.74, 6) is 0. The minimum atomic E-state index is -4.25. The maximum absolute atomic E-state index is 11.8. The third-order valence-electron chi connectivity index (χ3n) is 2.44. The Kier molecular flexibility index (Phi) is 6.01. The van der Waals surface area contributed by atoms with Crippen LogP contribution in [0.1, 0.15) is 32.9 Å². The van der Waals surface area contributed by atoms with Crippen LogP contribution in [0.4, 0.5) is 13.2 Å². The van der Waals surface area contributed by atoms with Gasteiger partial charge in [-0.3, -0.25) is 4.68 Å². The van der Waals surface area contributed by atoms with Gasteiger partial charge in [-0.1, -0.05) is 0 Å². The van der Waals surface area contributed by atoms with Gasteiger partial charge in [-0.15, -0.1) is 0 Å². The van der Waals surface area contributed by atoms with Crippen LogP contribution in [0.3, 0.4) is 0 Å². The summed E-state index contributed by atoms with van der Waals surface area (Å²) in [5, 5.41) is 7.66. The molecule has 0 bridgehead atoms. The molecule has 0 saturated heterocycles. The Bertz CT molecular complexity index is 396. The average Bonchev–Trinajstić information content (AvgIpc) is 2.71. The molecule has 0 aromatic carbocycles. The Morgan fingerprint density at radius 1 is 1.30 bits per heavy atom. The third kappa shape index (κ3) is 8.16. The molecule has 116 valence electrons. The van der Waals surface area contributed by atoms with Gasteiger partial charge in [0.25, 0.3) is 0 Å². The highest BCUT2D eigenvalue weighted by Gasteiger charge is 2.27. The summed E-state index contributed by atoms with van der Waals surface area (Å²) in [4.78, 5) is 0. The molecule has 1 rings (SSSR count). The molecular formula is C13H22F3N3O. The van der Waals surface area contributed by atoms with E-state index < -0.39 is 12.8 Å². The smallest absolute Gasteiger partial charge is 0.372 e. The third-order valence-corrected chi connectivity index (χ3v) is 2.44. The molecule has 0 aliphatic rings. The van der Waals surface area contributed by atoms with Crippen molar-refractivity contribution >= 4 is 0 Å². The van der Waals surface area contributed by atoms with Crippen LogP contribution in [0.2, 0.25) is 0 Å². The summed E-state index contributed by atoms with van der Waals surface area (Å²) in [5.41, 5.74) is 0.936. The van der Waals surface area contributed by atoms with Crippen molar-refractivity contribution in [3.8, 4) is 0 Å². The van der Waals surface area contributed by atoms with E-state index in [0.29, 0.717) is 19.5 Å². The van der Waals surface area contributed by atoms with Gasteiger partial charge in [-0.05, 0) is 33.3 Å². The number of alkyl halides is 3. The lowest BCUT2D eigenvalue weighted by Crippen LogP contribution is -2.35. The first kappa shape index (κ1) is 17.0. The second-order valence-corrected chi connectivity index (χ2v) is 5.70. The lowest BCUT2D eigenvalue weighted by atomic mass is 10.1. The molecule has 1 aromatic rings. The van der Waals surface area contributed by atoms with E-state index in [9.17, 15) is 13.2 Å². The lowest BCUT2D eigenvalue weighted by molar-refractivity contribution is -0.174. The molecule has 0 amide bonds. The van der Waals surface area contributed by atoms with Gasteiger partial charge in [0.1, 0.15) is 6.61 Å². The van der Waals surface area contributed by atoms with Crippen molar-refractivity contribution in [1.29, 1.82) is 0 Å². The van der Waals surface area contributed by atoms with E-state index in [0.717, 1.165) is 5.69 Å². The number of aromatic nitrogens is 2. The second kappa shape index (κ2) is 7.08. The summed E-state index contributed by atoms with van der Waals surface area (Å²) >= 11 is 0. The molecule has 0 aliphatic heterocycles. The number of nitrogens with zero attached hydrogens (tertiary/aromatic N) is 2. The Morgan fingerprint density at radius 3 is 2.60 bits per heavy atom. The highest BCUT2D eigenvalue weighted by Crippen LogP contribution is 2.14. The highest BCUT2D eigenvalue weighted by molar-refractivity contribution is 4.99. The molecule has 0 radical (unpaired) electrons. The van der Waals surface area contributed by atoms with E-state index >= 15 is 0 Å². The van der Waals surface area contributed by atoms with E-state index in [-0.39, 0.29) is 12.1 Å². The molecule has 7 heteroatoms. The fourth-order valence-electron chi connectivity index (χ4n) is 1.49. The Balaban J connectivity index is 2.20. The van der Waals surface area contributed by atoms with Crippen molar-refractivity contribution in [3.63, 3.8) is 0 Å². The van der Waals surface area contributed by atoms with Crippen molar-refractivity contribution in [1.82, 2.24) is 15.1 Å². The van der Waals surface area contributed by atoms with Gasteiger partial charge < -0.3 is 10.1 Å². The summed E-state index contributed by atoms with van der Waals surface area (Å²) in [6.07, 6.45) is -1.93. The zero-order valence-corrected chi connectivity index (χ0v) is 12.1. The van der Waals surface area contributed by atoms with E-state index in [1.165, 1.54) is 0 Å². The molecular weight excluding hydrogens is 271 g/mol. The minimum Gasteiger partial charge on any atom is -0.372 e. The predicted octanol–water partition coefficient (Wildman–Crippen LogP) is 2.74. The molecule has 4 nitrogen and oxygen atoms in total. The van der Waals surface area contributed by atoms with Gasteiger partial charge in [0.05, 0.1) is 5.69 Å². The highest BCUT2D eigenvalue weighted by atomic mass is 19.4. The van der Waals surface area contributed by atoms with Gasteiger partial charge >= 0.3 is 6.18 Å². The van der Waals surface area contributed by atoms with Crippen molar-refractivity contribution in [2.24, 2.45) is 0 Å². The van der Waals surface area contributed by atoms with Gasteiger partial charge in [0.2, 0.25) is 0 Å². The topological polar surface area (TPSA) is 39.1 Å². The van der Waals surface area contributed by atoms with Crippen molar-refractivity contribution in [2.75, 3.05) is 13.2 Å². The van der Waals surface area contributed by atoms with Crippen LogP contribution in [0, 0.1) is 0 Å². The fraction of sp³-hybridized carbons (Fsp3) is 0.769. The molecule has 1 heterocycles. The first-order valence-corrected chi connectivity index (χ1v) is 6.57. The number of ether oxygens (including phenoxy) is 1. The number of aryl methyl sites for hydroxylation is 1. The molecule has 0 fully saturated rings. The van der Waals surface area contributed by atoms with Crippen molar-refractivity contribution in [2.45, 2.75) is 52.0 Å². The predicted molar refractivity (Wildman–Crippen MR) is 70.3 cm³/mol. The molecule has 20 heavy (non-hydrogen) atoms. The van der Waals surface area contributed by atoms with Crippen LogP contribution in [0.25, 0.3) is 0 Å². The van der Waals surface area contributed by atoms with Crippen LogP contribution in [0.15, 0.2) is 12.3 Å². The van der Waals surface area contributed by atoms with Crippen LogP contribution in [-0.4, -0.2) is 34.7 Å². The minimum absolute atomic E-state index is 0.0230. The number of hydrogen-bond acceptors (Lipinski definition) is 3. The number of hydrogen-bond donors (Lipinski definition) is 1. The Hall–Kier alpha value is -1.08. The normalized spacial score (nSPS) is 12.9. The fourth-order valence-corrected chi connectivity index (χ4v) is 1.49. The van der Waals surface area contributed by atoms with Gasteiger partial charge in [-0.2, -0.15) is 18.3 Å². The van der Waals surface area contributed by atoms with Crippen LogP contribution in [-0.2, 0) is 17.8 Å². The lowest BCUT2D eigenvalue weighted by Gasteiger charge is -2.19. The molecule has 0 atom stereocenters. The molecule has 0 aliphatic carbocycles. The number of halogens is 3. The quantitative estimate of drug-likeness (QED) is 0.786. The molecule has 1 aromatic heterocycles. The summed E-state index contributed by atoms with van der Waals surface area (Å²) in [7, 11) is 0. The molecule has 0 saturated carbocycles. The maximum atomic E-state index is 11.8. The SMILES string of the molecule is CC(C)(C)NCc1ccn(CCCOCC(F)(F)F)n1. The van der Waals surface area contributed by atoms with Crippen molar-refractivity contribution in [3.05, 3.63) is 18.0 Å². The second-order valence-electron chi connectivity index (χ2n) is 5.70. The first-order chi connectivity index (χ1) is 9.16. The monoisotopic (exact) mass is 293 g/mol. The van der Waals surface area contributed by atoms with Crippen LogP contribution >= 0.6 is 0 Å². The van der Waals surface area contributed by atoms with E-state index in [2.05, 4.69) is 35.9 Å². The van der Waals surface area contributed by atoms with Gasteiger partial charge in [0.15, 0.2) is 0 Å². The number of nitrogens with one attached hydrogen (secondary N) is 1. The summed E-state index contributed by atoms with van der Waals surface area (Å²) in [6.45, 7) is 6.32. The molecule has 0 spiro atoms. The van der Waals surface area contributed by atoms with Gasteiger partial charge in [0, 0.05) is 31.4 Å². The van der Waals surface area contributed by atoms with Crippen LogP contribution in [0.5, 0.6) is 0 Å². The van der Waals surface area contributed by atoms with Gasteiger partial charge in [-0.25, -0.2) is 0 Å². The van der Waals surface area contributed by atoms with E-state index in [1.54, 1.807) is 4.68 Å². The standard InChI is InChI=1S/C13H22F3N3O/c1-12(2,3)17-9-11-5-7-19(18-11)6-4-8-20-10-13(14,15)16/h5,7,17H,4,6,8-10H2,1-3H3. The van der Waals surface area contributed by atoms with Crippen molar-refractivity contribution < 1.29 is 17.9 Å². The molecule has 1 N–H and O–H groups in total. The van der Waals surface area contributed by atoms with Crippen LogP contribution < -0.4 is 5.32 Å². The molecule has 0 unspecified atom stereocenters. The summed E-state index contributed by atoms with van der Waals surface area (Å²) < 4.78 is 41.8. The maximum Gasteiger partial charge on any atom is 0.411 e. The van der Waals surface area contributed by atoms with E-state index in [4.69, 9.17) is 0 Å². The Labute approximate surface area is 117 Å². The first-order valence-electron chi connectivity index (χ1n) is 6.57. The summed E-state index contributed by atoms with van der Waals surface area (Å²) in [6, 6.07) is 1.90. The zero-order valence-electron chi connectivity index (χ0n) is 12.1. The number of rotatable bonds is 7. The largest absolute Gasteiger partial charge is 0.411 e. The average molecular weight is 293 g/mol. The zero-order chi connectivity index (χ0) is 15.2.